The Balaban J connectivity index is 1.64. The minimum Gasteiger partial charge on any atom is -0.497 e. The van der Waals surface area contributed by atoms with Crippen LogP contribution in [0.4, 0.5) is 0 Å². The fourth-order valence-corrected chi connectivity index (χ4v) is 3.87. The summed E-state index contributed by atoms with van der Waals surface area (Å²) in [5.41, 5.74) is 3.23. The molecule has 1 aliphatic heterocycles. The van der Waals surface area contributed by atoms with Crippen molar-refractivity contribution in [2.45, 2.75) is 25.6 Å². The molecule has 0 saturated carbocycles. The molecule has 0 aliphatic carbocycles. The van der Waals surface area contributed by atoms with Crippen molar-refractivity contribution in [3.63, 3.8) is 0 Å². The molecule has 2 aromatic carbocycles. The summed E-state index contributed by atoms with van der Waals surface area (Å²) in [6.07, 6.45) is 2.05. The van der Waals surface area contributed by atoms with E-state index in [9.17, 15) is 9.59 Å². The molecule has 1 aliphatic rings. The first-order valence-electron chi connectivity index (χ1n) is 9.80. The van der Waals surface area contributed by atoms with Gasteiger partial charge in [0.05, 0.1) is 38.5 Å². The lowest BCUT2D eigenvalue weighted by molar-refractivity contribution is -0.146. The number of halogens is 1. The summed E-state index contributed by atoms with van der Waals surface area (Å²) >= 11 is 5.98. The summed E-state index contributed by atoms with van der Waals surface area (Å²) in [4.78, 5) is 31.8. The van der Waals surface area contributed by atoms with Gasteiger partial charge >= 0.3 is 5.97 Å². The maximum absolute atomic E-state index is 13.3. The molecule has 0 spiro atoms. The Morgan fingerprint density at radius 2 is 1.81 bits per heavy atom. The van der Waals surface area contributed by atoms with Crippen molar-refractivity contribution in [2.75, 3.05) is 14.2 Å². The molecule has 160 valence electrons. The van der Waals surface area contributed by atoms with Crippen LogP contribution in [0.1, 0.15) is 27.3 Å². The Hall–Kier alpha value is -3.32. The lowest BCUT2D eigenvalue weighted by Gasteiger charge is -2.34. The second-order valence-corrected chi connectivity index (χ2v) is 7.73. The summed E-state index contributed by atoms with van der Waals surface area (Å²) in [5, 5.41) is 0.675. The van der Waals surface area contributed by atoms with Gasteiger partial charge in [-0.3, -0.25) is 4.79 Å². The first-order valence-corrected chi connectivity index (χ1v) is 10.2. The molecule has 0 N–H and O–H groups in total. The molecular formula is C23H22ClN3O4. The van der Waals surface area contributed by atoms with Gasteiger partial charge in [0.25, 0.3) is 5.91 Å². The van der Waals surface area contributed by atoms with Gasteiger partial charge in [0.1, 0.15) is 11.8 Å². The zero-order valence-corrected chi connectivity index (χ0v) is 18.0. The zero-order valence-electron chi connectivity index (χ0n) is 17.2. The lowest BCUT2D eigenvalue weighted by Crippen LogP contribution is -2.49. The third-order valence-electron chi connectivity index (χ3n) is 5.45. The maximum atomic E-state index is 13.3. The van der Waals surface area contributed by atoms with Gasteiger partial charge in [-0.15, -0.1) is 0 Å². The summed E-state index contributed by atoms with van der Waals surface area (Å²) in [5.74, 6) is -0.0502. The number of ether oxygens (including phenoxy) is 2. The van der Waals surface area contributed by atoms with Crippen LogP contribution in [0, 0.1) is 0 Å². The third kappa shape index (κ3) is 4.27. The molecule has 8 heteroatoms. The number of nitrogens with zero attached hydrogens (tertiary/aromatic N) is 3. The van der Waals surface area contributed by atoms with E-state index >= 15 is 0 Å². The number of benzene rings is 2. The average Bonchev–Trinajstić information content (AvgIpc) is 3.20. The van der Waals surface area contributed by atoms with E-state index in [-0.39, 0.29) is 12.5 Å². The molecule has 0 bridgehead atoms. The summed E-state index contributed by atoms with van der Waals surface area (Å²) < 4.78 is 12.1. The van der Waals surface area contributed by atoms with Crippen LogP contribution in [0.5, 0.6) is 5.75 Å². The van der Waals surface area contributed by atoms with E-state index in [4.69, 9.17) is 21.1 Å². The van der Waals surface area contributed by atoms with Crippen molar-refractivity contribution in [3.8, 4) is 5.75 Å². The number of imidazole rings is 1. The van der Waals surface area contributed by atoms with Crippen LogP contribution in [0.3, 0.4) is 0 Å². The molecule has 0 unspecified atom stereocenters. The molecule has 31 heavy (non-hydrogen) atoms. The molecule has 1 aromatic heterocycles. The largest absolute Gasteiger partial charge is 0.497 e. The Morgan fingerprint density at radius 1 is 1.10 bits per heavy atom. The second kappa shape index (κ2) is 8.81. The molecule has 0 fully saturated rings. The molecular weight excluding hydrogens is 418 g/mol. The number of rotatable bonds is 5. The number of hydrogen-bond donors (Lipinski definition) is 0. The number of aromatic nitrogens is 2. The van der Waals surface area contributed by atoms with Crippen LogP contribution in [-0.2, 0) is 29.0 Å². The Morgan fingerprint density at radius 3 is 2.45 bits per heavy atom. The van der Waals surface area contributed by atoms with E-state index < -0.39 is 12.0 Å². The highest BCUT2D eigenvalue weighted by molar-refractivity contribution is 6.30. The van der Waals surface area contributed by atoms with E-state index in [0.717, 1.165) is 17.0 Å². The quantitative estimate of drug-likeness (QED) is 0.570. The van der Waals surface area contributed by atoms with Crippen molar-refractivity contribution >= 4 is 23.5 Å². The van der Waals surface area contributed by atoms with Gasteiger partial charge < -0.3 is 18.9 Å². The fraction of sp³-hybridized carbons (Fsp3) is 0.261. The first kappa shape index (κ1) is 20.9. The Kier molecular flexibility index (Phi) is 5.95. The van der Waals surface area contributed by atoms with Crippen molar-refractivity contribution in [3.05, 3.63) is 82.4 Å². The zero-order chi connectivity index (χ0) is 22.0. The summed E-state index contributed by atoms with van der Waals surface area (Å²) in [6.45, 7) is 0.848. The number of hydrogen-bond acceptors (Lipinski definition) is 5. The fourth-order valence-electron chi connectivity index (χ4n) is 3.75. The van der Waals surface area contributed by atoms with Crippen molar-refractivity contribution in [1.82, 2.24) is 14.5 Å². The van der Waals surface area contributed by atoms with Crippen LogP contribution in [-0.4, -0.2) is 46.6 Å². The smallest absolute Gasteiger partial charge is 0.329 e. The summed E-state index contributed by atoms with van der Waals surface area (Å²) in [7, 11) is 2.89. The van der Waals surface area contributed by atoms with Crippen LogP contribution in [0.15, 0.2) is 54.9 Å². The molecule has 2 heterocycles. The van der Waals surface area contributed by atoms with Gasteiger partial charge in [0.2, 0.25) is 0 Å². The topological polar surface area (TPSA) is 73.7 Å². The van der Waals surface area contributed by atoms with E-state index in [0.29, 0.717) is 29.3 Å². The van der Waals surface area contributed by atoms with Gasteiger partial charge in [-0.2, -0.15) is 0 Å². The minimum absolute atomic E-state index is 0.247. The Labute approximate surface area is 185 Å². The monoisotopic (exact) mass is 439 g/mol. The van der Waals surface area contributed by atoms with Crippen LogP contribution in [0.25, 0.3) is 0 Å². The van der Waals surface area contributed by atoms with Gasteiger partial charge in [0.15, 0.2) is 0 Å². The highest BCUT2D eigenvalue weighted by Crippen LogP contribution is 2.26. The van der Waals surface area contributed by atoms with Crippen LogP contribution in [0.2, 0.25) is 5.02 Å². The molecule has 0 radical (unpaired) electrons. The highest BCUT2D eigenvalue weighted by atomic mass is 35.5. The van der Waals surface area contributed by atoms with Crippen LogP contribution >= 0.6 is 11.6 Å². The van der Waals surface area contributed by atoms with Gasteiger partial charge in [-0.1, -0.05) is 23.7 Å². The first-order chi connectivity index (χ1) is 15.0. The predicted molar refractivity (Wildman–Crippen MR) is 115 cm³/mol. The molecule has 1 atom stereocenters. The third-order valence-corrected chi connectivity index (χ3v) is 5.71. The molecule has 3 aromatic rings. The lowest BCUT2D eigenvalue weighted by atomic mass is 10.0. The van der Waals surface area contributed by atoms with Gasteiger partial charge in [-0.25, -0.2) is 9.78 Å². The Bertz CT molecular complexity index is 1090. The highest BCUT2D eigenvalue weighted by Gasteiger charge is 2.38. The van der Waals surface area contributed by atoms with E-state index in [1.807, 2.05) is 28.8 Å². The number of carbonyl (C=O) groups excluding carboxylic acids is 2. The standard InChI is InChI=1S/C23H22ClN3O4/c1-30-18-9-5-16(6-10-18)22(28)27-13-21-19(11-20(27)23(29)31-2)25-14-26(21)12-15-3-7-17(24)8-4-15/h3-10,14,20H,11-13H2,1-2H3/t20-/m0/s1. The van der Waals surface area contributed by atoms with Crippen molar-refractivity contribution in [2.24, 2.45) is 0 Å². The molecule has 4 rings (SSSR count). The van der Waals surface area contributed by atoms with E-state index in [1.165, 1.54) is 7.11 Å². The SMILES string of the molecule is COC(=O)[C@@H]1Cc2ncn(Cc3ccc(Cl)cc3)c2CN1C(=O)c1ccc(OC)cc1. The number of methoxy groups -OCH3 is 2. The number of carbonyl (C=O) groups is 2. The van der Waals surface area contributed by atoms with E-state index in [1.54, 1.807) is 42.6 Å². The average molecular weight is 440 g/mol. The van der Waals surface area contributed by atoms with E-state index in [2.05, 4.69) is 4.98 Å². The molecule has 0 saturated heterocycles. The molecule has 7 nitrogen and oxygen atoms in total. The van der Waals surface area contributed by atoms with Crippen LogP contribution < -0.4 is 4.74 Å². The molecule has 1 amide bonds. The minimum atomic E-state index is -0.731. The van der Waals surface area contributed by atoms with Gasteiger partial charge in [0, 0.05) is 23.6 Å². The normalized spacial score (nSPS) is 15.3. The second-order valence-electron chi connectivity index (χ2n) is 7.30. The number of esters is 1. The predicted octanol–water partition coefficient (Wildman–Crippen LogP) is 3.33. The summed E-state index contributed by atoms with van der Waals surface area (Å²) in [6, 6.07) is 13.7. The van der Waals surface area contributed by atoms with Crippen molar-refractivity contribution in [1.29, 1.82) is 0 Å². The van der Waals surface area contributed by atoms with Gasteiger partial charge in [-0.05, 0) is 42.0 Å². The van der Waals surface area contributed by atoms with Crippen molar-refractivity contribution < 1.29 is 19.1 Å². The number of amides is 1. The number of fused-ring (bicyclic) bond motifs is 1. The maximum Gasteiger partial charge on any atom is 0.329 e.